The lowest BCUT2D eigenvalue weighted by Gasteiger charge is -2.25. The van der Waals surface area contributed by atoms with E-state index in [2.05, 4.69) is 10.0 Å². The van der Waals surface area contributed by atoms with Crippen molar-refractivity contribution in [3.8, 4) is 0 Å². The van der Waals surface area contributed by atoms with Gasteiger partial charge in [-0.25, -0.2) is 17.9 Å². The van der Waals surface area contributed by atoms with E-state index in [0.717, 1.165) is 0 Å². The first-order valence-corrected chi connectivity index (χ1v) is 8.01. The molecule has 9 heteroatoms. The molecule has 1 amide bonds. The van der Waals surface area contributed by atoms with E-state index in [0.29, 0.717) is 6.42 Å². The van der Waals surface area contributed by atoms with Crippen LogP contribution in [-0.4, -0.2) is 55.9 Å². The van der Waals surface area contributed by atoms with Crippen LogP contribution in [0.25, 0.3) is 0 Å². The predicted molar refractivity (Wildman–Crippen MR) is 70.6 cm³/mol. The third-order valence-corrected chi connectivity index (χ3v) is 4.67. The Kier molecular flexibility index (Phi) is 5.49. The van der Waals surface area contributed by atoms with Gasteiger partial charge in [0.05, 0.1) is 18.4 Å². The first kappa shape index (κ1) is 16.9. The van der Waals surface area contributed by atoms with Crippen molar-refractivity contribution < 1.29 is 27.9 Å². The van der Waals surface area contributed by atoms with Crippen molar-refractivity contribution in [2.75, 3.05) is 19.0 Å². The first-order valence-electron chi connectivity index (χ1n) is 6.35. The van der Waals surface area contributed by atoms with Gasteiger partial charge in [-0.1, -0.05) is 6.92 Å². The number of sulfonamides is 1. The van der Waals surface area contributed by atoms with Crippen molar-refractivity contribution in [2.45, 2.75) is 38.3 Å². The fraction of sp³-hybridized carbons (Fsp3) is 0.818. The van der Waals surface area contributed by atoms with Crippen LogP contribution in [0.4, 0.5) is 0 Å². The fourth-order valence-corrected chi connectivity index (χ4v) is 3.18. The number of nitrogens with one attached hydrogen (secondary N) is 2. The Balaban J connectivity index is 2.68. The Hall–Kier alpha value is -1.19. The third-order valence-electron chi connectivity index (χ3n) is 3.02. The summed E-state index contributed by atoms with van der Waals surface area (Å²) in [5.74, 6) is -1.96. The molecule has 0 spiro atoms. The van der Waals surface area contributed by atoms with Gasteiger partial charge in [-0.15, -0.1) is 0 Å². The summed E-state index contributed by atoms with van der Waals surface area (Å²) in [6.07, 6.45) is 0.582. The number of hydrogen-bond donors (Lipinski definition) is 3. The van der Waals surface area contributed by atoms with Crippen LogP contribution in [0.3, 0.4) is 0 Å². The van der Waals surface area contributed by atoms with Gasteiger partial charge in [0.1, 0.15) is 0 Å². The van der Waals surface area contributed by atoms with Crippen molar-refractivity contribution >= 4 is 21.9 Å². The molecule has 2 atom stereocenters. The second kappa shape index (κ2) is 6.51. The second-order valence-corrected chi connectivity index (χ2v) is 6.71. The number of carbonyl (C=O) groups is 2. The number of carboxylic acids is 1. The maximum absolute atomic E-state index is 11.9. The molecule has 20 heavy (non-hydrogen) atoms. The maximum atomic E-state index is 11.9. The summed E-state index contributed by atoms with van der Waals surface area (Å²) in [5, 5.41) is 11.5. The van der Waals surface area contributed by atoms with Gasteiger partial charge < -0.3 is 15.2 Å². The molecule has 0 aromatic rings. The van der Waals surface area contributed by atoms with Gasteiger partial charge in [0.2, 0.25) is 15.9 Å². The summed E-state index contributed by atoms with van der Waals surface area (Å²) in [7, 11) is -3.54. The van der Waals surface area contributed by atoms with Crippen LogP contribution < -0.4 is 10.0 Å². The van der Waals surface area contributed by atoms with E-state index < -0.39 is 33.5 Å². The number of hydrogen-bond acceptors (Lipinski definition) is 5. The van der Waals surface area contributed by atoms with Crippen LogP contribution in [0.5, 0.6) is 0 Å². The van der Waals surface area contributed by atoms with Crippen LogP contribution in [-0.2, 0) is 24.3 Å². The molecule has 0 radical (unpaired) electrons. The lowest BCUT2D eigenvalue weighted by molar-refractivity contribution is -0.147. The average Bonchev–Trinajstić information content (AvgIpc) is 2.77. The summed E-state index contributed by atoms with van der Waals surface area (Å²) in [6.45, 7) is 3.19. The minimum atomic E-state index is -3.54. The average molecular weight is 308 g/mol. The zero-order chi connectivity index (χ0) is 15.4. The summed E-state index contributed by atoms with van der Waals surface area (Å²) < 4.78 is 30.3. The number of ether oxygens (including phenoxy) is 1. The molecule has 0 aliphatic carbocycles. The molecule has 0 aromatic heterocycles. The van der Waals surface area contributed by atoms with Crippen LogP contribution in [0, 0.1) is 0 Å². The molecule has 1 rings (SSSR count). The quantitative estimate of drug-likeness (QED) is 0.558. The lowest BCUT2D eigenvalue weighted by atomic mass is 9.98. The van der Waals surface area contributed by atoms with E-state index in [1.165, 1.54) is 6.92 Å². The molecule has 116 valence electrons. The molecule has 2 unspecified atom stereocenters. The molecule has 1 saturated heterocycles. The molecule has 1 heterocycles. The molecule has 1 aliphatic heterocycles. The SMILES string of the molecule is CCCS(=O)(=O)NC(C)C(=O)NC1(C(=O)O)CCOC1. The highest BCUT2D eigenvalue weighted by atomic mass is 32.2. The van der Waals surface area contributed by atoms with Crippen LogP contribution >= 0.6 is 0 Å². The highest BCUT2D eigenvalue weighted by molar-refractivity contribution is 7.89. The zero-order valence-corrected chi connectivity index (χ0v) is 12.3. The van der Waals surface area contributed by atoms with E-state index in [1.807, 2.05) is 0 Å². The van der Waals surface area contributed by atoms with Gasteiger partial charge in [-0.2, -0.15) is 0 Å². The first-order chi connectivity index (χ1) is 9.22. The monoisotopic (exact) mass is 308 g/mol. The number of rotatable bonds is 7. The predicted octanol–water partition coefficient (Wildman–Crippen LogP) is -0.936. The van der Waals surface area contributed by atoms with E-state index in [9.17, 15) is 23.1 Å². The van der Waals surface area contributed by atoms with Gasteiger partial charge in [0.15, 0.2) is 5.54 Å². The van der Waals surface area contributed by atoms with Crippen molar-refractivity contribution in [2.24, 2.45) is 0 Å². The van der Waals surface area contributed by atoms with E-state index >= 15 is 0 Å². The minimum absolute atomic E-state index is 0.0855. The van der Waals surface area contributed by atoms with Gasteiger partial charge in [0.25, 0.3) is 0 Å². The molecular weight excluding hydrogens is 288 g/mol. The van der Waals surface area contributed by atoms with Gasteiger partial charge in [-0.05, 0) is 13.3 Å². The minimum Gasteiger partial charge on any atom is -0.479 e. The highest BCUT2D eigenvalue weighted by Gasteiger charge is 2.44. The van der Waals surface area contributed by atoms with Crippen LogP contribution in [0.2, 0.25) is 0 Å². The number of carboxylic acid groups (broad SMARTS) is 1. The Bertz CT molecular complexity index is 469. The lowest BCUT2D eigenvalue weighted by Crippen LogP contribution is -2.59. The smallest absolute Gasteiger partial charge is 0.331 e. The molecule has 3 N–H and O–H groups in total. The number of carbonyl (C=O) groups excluding carboxylic acids is 1. The topological polar surface area (TPSA) is 122 Å². The molecule has 0 aromatic carbocycles. The molecule has 0 saturated carbocycles. The normalized spacial score (nSPS) is 24.3. The summed E-state index contributed by atoms with van der Waals surface area (Å²) >= 11 is 0. The Morgan fingerprint density at radius 1 is 1.45 bits per heavy atom. The van der Waals surface area contributed by atoms with Gasteiger partial charge in [-0.3, -0.25) is 4.79 Å². The summed E-state index contributed by atoms with van der Waals surface area (Å²) in [6, 6.07) is -1.04. The Labute approximate surface area is 117 Å². The number of aliphatic carboxylic acids is 1. The van der Waals surface area contributed by atoms with Gasteiger partial charge in [0, 0.05) is 13.0 Å². The fourth-order valence-electron chi connectivity index (χ4n) is 1.88. The Morgan fingerprint density at radius 3 is 2.55 bits per heavy atom. The third kappa shape index (κ3) is 4.15. The standard InChI is InChI=1S/C11H20N2O6S/c1-3-6-20(17,18)13-8(2)9(14)12-11(10(15)16)4-5-19-7-11/h8,13H,3-7H2,1-2H3,(H,12,14)(H,15,16). The Morgan fingerprint density at radius 2 is 2.10 bits per heavy atom. The van der Waals surface area contributed by atoms with Crippen LogP contribution in [0.1, 0.15) is 26.7 Å². The molecule has 0 bridgehead atoms. The van der Waals surface area contributed by atoms with E-state index in [4.69, 9.17) is 4.74 Å². The largest absolute Gasteiger partial charge is 0.479 e. The van der Waals surface area contributed by atoms with Gasteiger partial charge >= 0.3 is 5.97 Å². The second-order valence-electron chi connectivity index (χ2n) is 4.84. The van der Waals surface area contributed by atoms with Crippen molar-refractivity contribution in [1.29, 1.82) is 0 Å². The summed E-state index contributed by atoms with van der Waals surface area (Å²) in [4.78, 5) is 23.2. The maximum Gasteiger partial charge on any atom is 0.331 e. The molecule has 1 aliphatic rings. The van der Waals surface area contributed by atoms with E-state index in [-0.39, 0.29) is 25.4 Å². The zero-order valence-electron chi connectivity index (χ0n) is 11.5. The number of amides is 1. The highest BCUT2D eigenvalue weighted by Crippen LogP contribution is 2.19. The van der Waals surface area contributed by atoms with Crippen molar-refractivity contribution in [3.05, 3.63) is 0 Å². The molecule has 1 fully saturated rings. The summed E-state index contributed by atoms with van der Waals surface area (Å²) in [5.41, 5.74) is -1.47. The van der Waals surface area contributed by atoms with Crippen molar-refractivity contribution in [3.63, 3.8) is 0 Å². The van der Waals surface area contributed by atoms with Crippen LogP contribution in [0.15, 0.2) is 0 Å². The molecule has 8 nitrogen and oxygen atoms in total. The van der Waals surface area contributed by atoms with E-state index in [1.54, 1.807) is 6.92 Å². The molecular formula is C11H20N2O6S. The van der Waals surface area contributed by atoms with Crippen molar-refractivity contribution in [1.82, 2.24) is 10.0 Å².